The molecule has 0 spiro atoms. The molecule has 0 radical (unpaired) electrons. The summed E-state index contributed by atoms with van der Waals surface area (Å²) in [4.78, 5) is 31.8. The van der Waals surface area contributed by atoms with Crippen LogP contribution in [0.1, 0.15) is 25.3 Å². The molecule has 1 saturated heterocycles. The summed E-state index contributed by atoms with van der Waals surface area (Å²) in [5.41, 5.74) is 0.988. The second kappa shape index (κ2) is 8.56. The Hall–Kier alpha value is -3.36. The largest absolute Gasteiger partial charge is 0.496 e. The molecule has 0 atom stereocenters. The summed E-state index contributed by atoms with van der Waals surface area (Å²) >= 11 is 0. The van der Waals surface area contributed by atoms with Gasteiger partial charge in [-0.05, 0) is 24.8 Å². The Morgan fingerprint density at radius 3 is 2.80 bits per heavy atom. The lowest BCUT2D eigenvalue weighted by molar-refractivity contribution is -0.122. The Balaban J connectivity index is 1.50. The highest BCUT2D eigenvalue weighted by molar-refractivity contribution is 5.76. The van der Waals surface area contributed by atoms with Gasteiger partial charge in [-0.3, -0.25) is 4.79 Å². The minimum atomic E-state index is -0.355. The lowest BCUT2D eigenvalue weighted by Crippen LogP contribution is -2.34. The Morgan fingerprint density at radius 2 is 2.03 bits per heavy atom. The molecule has 9 nitrogen and oxygen atoms in total. The minimum absolute atomic E-state index is 0.161. The zero-order valence-electron chi connectivity index (χ0n) is 17.2. The Labute approximate surface area is 174 Å². The number of anilines is 1. The first-order chi connectivity index (χ1) is 14.6. The van der Waals surface area contributed by atoms with Crippen LogP contribution in [0.5, 0.6) is 5.75 Å². The molecule has 30 heavy (non-hydrogen) atoms. The number of hydrogen-bond acceptors (Lipinski definition) is 6. The quantitative estimate of drug-likeness (QED) is 0.661. The average molecular weight is 410 g/mol. The van der Waals surface area contributed by atoms with Gasteiger partial charge in [-0.15, -0.1) is 5.10 Å². The van der Waals surface area contributed by atoms with Crippen LogP contribution in [0, 0.1) is 5.92 Å². The molecular weight excluding hydrogens is 384 g/mol. The van der Waals surface area contributed by atoms with Crippen molar-refractivity contribution in [2.45, 2.75) is 32.9 Å². The molecule has 0 unspecified atom stereocenters. The first kappa shape index (κ1) is 19.9. The Morgan fingerprint density at radius 1 is 1.27 bits per heavy atom. The first-order valence-corrected chi connectivity index (χ1v) is 10.1. The van der Waals surface area contributed by atoms with E-state index >= 15 is 0 Å². The molecule has 4 rings (SSSR count). The standard InChI is InChI=1S/C21H26N6O3/c1-15-7-10-25(11-8-15)19-20-24-27(21(29)26(20)12-9-22-19)14-18(28)23-13-16-5-3-4-6-17(16)30-2/h3-6,9,12,15H,7-8,10-11,13-14H2,1-2H3,(H,23,28). The van der Waals surface area contributed by atoms with Crippen molar-refractivity contribution in [3.8, 4) is 5.75 Å². The third-order valence-corrected chi connectivity index (χ3v) is 5.53. The van der Waals surface area contributed by atoms with Gasteiger partial charge in [0.15, 0.2) is 5.82 Å². The molecule has 3 heterocycles. The van der Waals surface area contributed by atoms with Crippen LogP contribution in [0.4, 0.5) is 5.82 Å². The van der Waals surface area contributed by atoms with Crippen molar-refractivity contribution in [3.63, 3.8) is 0 Å². The molecule has 0 aliphatic carbocycles. The van der Waals surface area contributed by atoms with E-state index in [1.165, 1.54) is 9.08 Å². The molecule has 1 aliphatic heterocycles. The average Bonchev–Trinajstić information content (AvgIpc) is 3.08. The smallest absolute Gasteiger partial charge is 0.350 e. The molecule has 158 valence electrons. The van der Waals surface area contributed by atoms with E-state index in [0.717, 1.165) is 31.5 Å². The Kier molecular flexibility index (Phi) is 5.69. The number of carbonyl (C=O) groups excluding carboxylic acids is 1. The molecule has 1 aromatic carbocycles. The van der Waals surface area contributed by atoms with Crippen LogP contribution in [-0.2, 0) is 17.9 Å². The maximum atomic E-state index is 12.7. The van der Waals surface area contributed by atoms with Gasteiger partial charge < -0.3 is 15.0 Å². The molecule has 9 heteroatoms. The molecular formula is C21H26N6O3. The van der Waals surface area contributed by atoms with E-state index in [0.29, 0.717) is 29.7 Å². The number of nitrogens with zero attached hydrogens (tertiary/aromatic N) is 5. The molecule has 1 fully saturated rings. The number of para-hydroxylation sites is 1. The highest BCUT2D eigenvalue weighted by Crippen LogP contribution is 2.23. The van der Waals surface area contributed by atoms with E-state index in [9.17, 15) is 9.59 Å². The summed E-state index contributed by atoms with van der Waals surface area (Å²) in [5, 5.41) is 7.24. The lowest BCUT2D eigenvalue weighted by atomic mass is 9.99. The van der Waals surface area contributed by atoms with Crippen LogP contribution in [0.25, 0.3) is 5.65 Å². The number of nitrogens with one attached hydrogen (secondary N) is 1. The summed E-state index contributed by atoms with van der Waals surface area (Å²) in [6.45, 7) is 4.16. The number of fused-ring (bicyclic) bond motifs is 1. The highest BCUT2D eigenvalue weighted by Gasteiger charge is 2.22. The summed E-state index contributed by atoms with van der Waals surface area (Å²) in [5.74, 6) is 1.78. The molecule has 3 aromatic rings. The fourth-order valence-electron chi connectivity index (χ4n) is 3.72. The van der Waals surface area contributed by atoms with Crippen LogP contribution in [0.15, 0.2) is 41.5 Å². The highest BCUT2D eigenvalue weighted by atomic mass is 16.5. The fourth-order valence-corrected chi connectivity index (χ4v) is 3.72. The maximum Gasteiger partial charge on any atom is 0.350 e. The minimum Gasteiger partial charge on any atom is -0.496 e. The fraction of sp³-hybridized carbons (Fsp3) is 0.429. The van der Waals surface area contributed by atoms with Crippen LogP contribution in [0.2, 0.25) is 0 Å². The van der Waals surface area contributed by atoms with Gasteiger partial charge in [-0.2, -0.15) is 0 Å². The molecule has 1 aliphatic rings. The van der Waals surface area contributed by atoms with Gasteiger partial charge in [0.2, 0.25) is 11.6 Å². The predicted octanol–water partition coefficient (Wildman–Crippen LogP) is 1.45. The van der Waals surface area contributed by atoms with Gasteiger partial charge in [-0.25, -0.2) is 18.9 Å². The monoisotopic (exact) mass is 410 g/mol. The Bertz CT molecular complexity index is 1100. The lowest BCUT2D eigenvalue weighted by Gasteiger charge is -2.30. The van der Waals surface area contributed by atoms with Crippen LogP contribution >= 0.6 is 0 Å². The van der Waals surface area contributed by atoms with Crippen LogP contribution in [0.3, 0.4) is 0 Å². The van der Waals surface area contributed by atoms with E-state index in [-0.39, 0.29) is 18.1 Å². The summed E-state index contributed by atoms with van der Waals surface area (Å²) in [6.07, 6.45) is 5.36. The van der Waals surface area contributed by atoms with Gasteiger partial charge >= 0.3 is 5.69 Å². The molecule has 1 amide bonds. The molecule has 0 saturated carbocycles. The van der Waals surface area contributed by atoms with Gasteiger partial charge in [0, 0.05) is 37.6 Å². The van der Waals surface area contributed by atoms with E-state index in [2.05, 4.69) is 27.2 Å². The van der Waals surface area contributed by atoms with Crippen molar-refractivity contribution in [1.82, 2.24) is 24.5 Å². The van der Waals surface area contributed by atoms with E-state index in [4.69, 9.17) is 4.74 Å². The van der Waals surface area contributed by atoms with Crippen LogP contribution in [-0.4, -0.2) is 45.3 Å². The van der Waals surface area contributed by atoms with E-state index in [1.54, 1.807) is 19.5 Å². The van der Waals surface area contributed by atoms with Gasteiger partial charge in [-0.1, -0.05) is 25.1 Å². The summed E-state index contributed by atoms with van der Waals surface area (Å²) in [6, 6.07) is 7.47. The molecule has 1 N–H and O–H groups in total. The predicted molar refractivity (Wildman–Crippen MR) is 113 cm³/mol. The number of amides is 1. The van der Waals surface area contributed by atoms with E-state index < -0.39 is 0 Å². The second-order valence-corrected chi connectivity index (χ2v) is 7.64. The van der Waals surface area contributed by atoms with Crippen molar-refractivity contribution in [3.05, 3.63) is 52.7 Å². The topological polar surface area (TPSA) is 93.8 Å². The summed E-state index contributed by atoms with van der Waals surface area (Å²) in [7, 11) is 1.59. The van der Waals surface area contributed by atoms with Crippen LogP contribution < -0.4 is 20.6 Å². The number of aromatic nitrogens is 4. The number of rotatable bonds is 6. The van der Waals surface area contributed by atoms with Crippen molar-refractivity contribution in [2.24, 2.45) is 5.92 Å². The van der Waals surface area contributed by atoms with Gasteiger partial charge in [0.25, 0.3) is 0 Å². The third kappa shape index (κ3) is 4.00. The zero-order valence-corrected chi connectivity index (χ0v) is 17.2. The van der Waals surface area contributed by atoms with Gasteiger partial charge in [0.1, 0.15) is 12.3 Å². The SMILES string of the molecule is COc1ccccc1CNC(=O)Cn1nc2c(N3CCC(C)CC3)nccn2c1=O. The van der Waals surface area contributed by atoms with Crippen molar-refractivity contribution in [2.75, 3.05) is 25.1 Å². The van der Waals surface area contributed by atoms with Gasteiger partial charge in [0.05, 0.1) is 7.11 Å². The summed E-state index contributed by atoms with van der Waals surface area (Å²) < 4.78 is 7.94. The number of ether oxygens (including phenoxy) is 1. The number of carbonyl (C=O) groups is 1. The zero-order chi connectivity index (χ0) is 21.1. The maximum absolute atomic E-state index is 12.7. The molecule has 0 bridgehead atoms. The number of piperidine rings is 1. The third-order valence-electron chi connectivity index (χ3n) is 5.53. The molecule has 2 aromatic heterocycles. The second-order valence-electron chi connectivity index (χ2n) is 7.64. The van der Waals surface area contributed by atoms with Crippen molar-refractivity contribution >= 4 is 17.4 Å². The number of benzene rings is 1. The van der Waals surface area contributed by atoms with Crippen molar-refractivity contribution < 1.29 is 9.53 Å². The number of methoxy groups -OCH3 is 1. The number of hydrogen-bond donors (Lipinski definition) is 1. The first-order valence-electron chi connectivity index (χ1n) is 10.1. The van der Waals surface area contributed by atoms with E-state index in [1.807, 2.05) is 24.3 Å². The van der Waals surface area contributed by atoms with Crippen molar-refractivity contribution in [1.29, 1.82) is 0 Å². The normalized spacial score (nSPS) is 14.8.